The zero-order valence-corrected chi connectivity index (χ0v) is 15.0. The minimum absolute atomic E-state index is 0.0222. The van der Waals surface area contributed by atoms with Crippen LogP contribution in [0.3, 0.4) is 0 Å². The highest BCUT2D eigenvalue weighted by atomic mass is 19.1. The van der Waals surface area contributed by atoms with E-state index in [-0.39, 0.29) is 28.8 Å². The van der Waals surface area contributed by atoms with Gasteiger partial charge in [-0.2, -0.15) is 5.10 Å². The van der Waals surface area contributed by atoms with E-state index < -0.39 is 11.7 Å². The van der Waals surface area contributed by atoms with E-state index in [4.69, 9.17) is 0 Å². The average molecular weight is 372 g/mol. The third-order valence-electron chi connectivity index (χ3n) is 4.68. The van der Waals surface area contributed by atoms with Crippen LogP contribution in [-0.2, 0) is 4.79 Å². The molecule has 0 unspecified atom stereocenters. The third-order valence-corrected chi connectivity index (χ3v) is 4.68. The predicted molar refractivity (Wildman–Crippen MR) is 99.2 cm³/mol. The molecule has 0 saturated heterocycles. The van der Waals surface area contributed by atoms with Gasteiger partial charge in [0.25, 0.3) is 11.5 Å². The number of hydrogen-bond acceptors (Lipinski definition) is 4. The zero-order valence-electron chi connectivity index (χ0n) is 15.0. The van der Waals surface area contributed by atoms with E-state index in [1.807, 2.05) is 0 Å². The Morgan fingerprint density at radius 3 is 2.59 bits per heavy atom. The van der Waals surface area contributed by atoms with Crippen molar-refractivity contribution >= 4 is 23.2 Å². The molecule has 0 aliphatic heterocycles. The van der Waals surface area contributed by atoms with Gasteiger partial charge in [0, 0.05) is 17.2 Å². The topological polar surface area (TPSA) is 104 Å². The first-order chi connectivity index (χ1) is 12.9. The number of amides is 2. The van der Waals surface area contributed by atoms with E-state index in [0.29, 0.717) is 11.3 Å². The second-order valence-electron chi connectivity index (χ2n) is 6.74. The van der Waals surface area contributed by atoms with Crippen LogP contribution in [0.2, 0.25) is 0 Å². The molecule has 3 rings (SSSR count). The van der Waals surface area contributed by atoms with Gasteiger partial charge in [0.05, 0.1) is 5.69 Å². The van der Waals surface area contributed by atoms with Gasteiger partial charge in [-0.3, -0.25) is 14.4 Å². The van der Waals surface area contributed by atoms with Crippen molar-refractivity contribution in [1.82, 2.24) is 10.2 Å². The highest BCUT2D eigenvalue weighted by Crippen LogP contribution is 2.26. The number of H-pyrrole nitrogens is 1. The maximum Gasteiger partial charge on any atom is 0.276 e. The molecule has 142 valence electrons. The fourth-order valence-electron chi connectivity index (χ4n) is 3.11. The molecule has 8 heteroatoms. The maximum atomic E-state index is 14.1. The Morgan fingerprint density at radius 2 is 1.89 bits per heavy atom. The molecule has 2 amide bonds. The van der Waals surface area contributed by atoms with Crippen LogP contribution >= 0.6 is 0 Å². The summed E-state index contributed by atoms with van der Waals surface area (Å²) >= 11 is 0. The Morgan fingerprint density at radius 1 is 1.15 bits per heavy atom. The van der Waals surface area contributed by atoms with Crippen molar-refractivity contribution < 1.29 is 14.0 Å². The van der Waals surface area contributed by atoms with Gasteiger partial charge in [-0.25, -0.2) is 9.49 Å². The standard InChI is InChI=1S/C19H21FN4O3/c1-11-9-16(23-24-17(11)25)19(27)21-13-7-8-14(20)15(10-13)22-18(26)12-5-3-2-4-6-12/h7-10,12H,2-6H2,1H3,(H,21,27)(H,22,26)(H,24,25). The Bertz CT molecular complexity index is 919. The quantitative estimate of drug-likeness (QED) is 0.767. The van der Waals surface area contributed by atoms with Gasteiger partial charge >= 0.3 is 0 Å². The molecule has 1 aromatic heterocycles. The van der Waals surface area contributed by atoms with E-state index in [9.17, 15) is 18.8 Å². The number of benzene rings is 1. The van der Waals surface area contributed by atoms with E-state index in [0.717, 1.165) is 32.1 Å². The molecule has 1 saturated carbocycles. The summed E-state index contributed by atoms with van der Waals surface area (Å²) < 4.78 is 14.1. The molecule has 2 aromatic rings. The molecular formula is C19H21FN4O3. The number of halogens is 1. The summed E-state index contributed by atoms with van der Waals surface area (Å²) in [6.45, 7) is 1.56. The lowest BCUT2D eigenvalue weighted by Gasteiger charge is -2.21. The molecule has 0 radical (unpaired) electrons. The van der Waals surface area contributed by atoms with Gasteiger partial charge < -0.3 is 10.6 Å². The molecule has 1 heterocycles. The minimum Gasteiger partial charge on any atom is -0.323 e. The van der Waals surface area contributed by atoms with Crippen molar-refractivity contribution in [2.45, 2.75) is 39.0 Å². The van der Waals surface area contributed by atoms with Crippen LogP contribution in [-0.4, -0.2) is 22.0 Å². The number of carbonyl (C=O) groups is 2. The molecular weight excluding hydrogens is 351 g/mol. The fraction of sp³-hybridized carbons (Fsp3) is 0.368. The lowest BCUT2D eigenvalue weighted by molar-refractivity contribution is -0.120. The van der Waals surface area contributed by atoms with Crippen LogP contribution < -0.4 is 16.2 Å². The molecule has 0 atom stereocenters. The summed E-state index contributed by atoms with van der Waals surface area (Å²) in [6.07, 6.45) is 4.74. The van der Waals surface area contributed by atoms with Crippen molar-refractivity contribution in [1.29, 1.82) is 0 Å². The average Bonchev–Trinajstić information content (AvgIpc) is 2.67. The van der Waals surface area contributed by atoms with Crippen molar-refractivity contribution in [2.75, 3.05) is 10.6 Å². The summed E-state index contributed by atoms with van der Waals surface area (Å²) in [7, 11) is 0. The number of hydrogen-bond donors (Lipinski definition) is 3. The van der Waals surface area contributed by atoms with Crippen molar-refractivity contribution in [3.05, 3.63) is 51.7 Å². The number of nitrogens with one attached hydrogen (secondary N) is 3. The monoisotopic (exact) mass is 372 g/mol. The highest BCUT2D eigenvalue weighted by Gasteiger charge is 2.22. The van der Waals surface area contributed by atoms with E-state index in [1.165, 1.54) is 24.3 Å². The van der Waals surface area contributed by atoms with Crippen LogP contribution in [0.5, 0.6) is 0 Å². The zero-order chi connectivity index (χ0) is 19.4. The van der Waals surface area contributed by atoms with E-state index in [1.54, 1.807) is 6.92 Å². The molecule has 1 fully saturated rings. The van der Waals surface area contributed by atoms with Crippen LogP contribution in [0, 0.1) is 18.7 Å². The van der Waals surface area contributed by atoms with Crippen LogP contribution in [0.15, 0.2) is 29.1 Å². The molecule has 7 nitrogen and oxygen atoms in total. The minimum atomic E-state index is -0.574. The summed E-state index contributed by atoms with van der Waals surface area (Å²) in [5.41, 5.74) is 0.347. The van der Waals surface area contributed by atoms with Crippen molar-refractivity contribution in [2.24, 2.45) is 5.92 Å². The second-order valence-corrected chi connectivity index (χ2v) is 6.74. The number of aromatic amines is 1. The van der Waals surface area contributed by atoms with Gasteiger partial charge in [-0.05, 0) is 44.0 Å². The molecule has 1 aromatic carbocycles. The van der Waals surface area contributed by atoms with Crippen LogP contribution in [0.25, 0.3) is 0 Å². The first kappa shape index (κ1) is 18.8. The van der Waals surface area contributed by atoms with Gasteiger partial charge in [0.1, 0.15) is 11.5 Å². The lowest BCUT2D eigenvalue weighted by atomic mass is 9.88. The van der Waals surface area contributed by atoms with Crippen molar-refractivity contribution in [3.8, 4) is 0 Å². The summed E-state index contributed by atoms with van der Waals surface area (Å²) in [5, 5.41) is 11.1. The predicted octanol–water partition coefficient (Wildman–Crippen LogP) is 2.99. The summed E-state index contributed by atoms with van der Waals surface area (Å²) in [4.78, 5) is 35.9. The number of rotatable bonds is 4. The van der Waals surface area contributed by atoms with Crippen molar-refractivity contribution in [3.63, 3.8) is 0 Å². The number of carbonyl (C=O) groups excluding carboxylic acids is 2. The van der Waals surface area contributed by atoms with Gasteiger partial charge in [0.15, 0.2) is 0 Å². The van der Waals surface area contributed by atoms with E-state index >= 15 is 0 Å². The summed E-state index contributed by atoms with van der Waals surface area (Å²) in [6, 6.07) is 5.30. The molecule has 27 heavy (non-hydrogen) atoms. The first-order valence-corrected chi connectivity index (χ1v) is 8.92. The number of nitrogens with zero attached hydrogens (tertiary/aromatic N) is 1. The number of aromatic nitrogens is 2. The Labute approximate surface area is 155 Å². The summed E-state index contributed by atoms with van der Waals surface area (Å²) in [5.74, 6) is -1.43. The van der Waals surface area contributed by atoms with Crippen LogP contribution in [0.1, 0.15) is 48.2 Å². The maximum absolute atomic E-state index is 14.1. The normalized spacial score (nSPS) is 14.6. The van der Waals surface area contributed by atoms with Crippen LogP contribution in [0.4, 0.5) is 15.8 Å². The smallest absolute Gasteiger partial charge is 0.276 e. The largest absolute Gasteiger partial charge is 0.323 e. The Balaban J connectivity index is 1.72. The molecule has 0 spiro atoms. The lowest BCUT2D eigenvalue weighted by Crippen LogP contribution is -2.25. The van der Waals surface area contributed by atoms with Gasteiger partial charge in [0.2, 0.25) is 5.91 Å². The molecule has 3 N–H and O–H groups in total. The highest BCUT2D eigenvalue weighted by molar-refractivity contribution is 6.03. The first-order valence-electron chi connectivity index (χ1n) is 8.92. The SMILES string of the molecule is Cc1cc(C(=O)Nc2ccc(F)c(NC(=O)C3CCCCC3)c2)n[nH]c1=O. The molecule has 1 aliphatic carbocycles. The number of anilines is 2. The van der Waals surface area contributed by atoms with E-state index in [2.05, 4.69) is 20.8 Å². The fourth-order valence-corrected chi connectivity index (χ4v) is 3.11. The molecule has 0 bridgehead atoms. The molecule has 1 aliphatic rings. The van der Waals surface area contributed by atoms with Gasteiger partial charge in [-0.1, -0.05) is 19.3 Å². The Kier molecular flexibility index (Phi) is 5.63. The Hall–Kier alpha value is -3.03. The van der Waals surface area contributed by atoms with Gasteiger partial charge in [-0.15, -0.1) is 0 Å². The number of aryl methyl sites for hydroxylation is 1. The second kappa shape index (κ2) is 8.11. The third kappa shape index (κ3) is 4.58.